The van der Waals surface area contributed by atoms with E-state index in [-0.39, 0.29) is 120 Å². The molecule has 604 valence electrons. The van der Waals surface area contributed by atoms with E-state index in [4.69, 9.17) is 30.4 Å². The molecule has 7 aromatic carbocycles. The average Bonchev–Trinajstić information content (AvgIpc) is 1.68. The van der Waals surface area contributed by atoms with Crippen LogP contribution in [-0.2, 0) is 101 Å². The SMILES string of the molecule is CCOC(=O)C(Cc1ccccc1[N+](=O)[O-])C(=O)OCC.CCOC(=O)CC(=O)OCC.O=C(Cl)CCc1ccccc1[N+](=O)[O-].O=C(O)CCc1ccccc1[N+](=O)[O-].O=C1CCc2c1cccc2[N+](=O)[O-].O=S(Cl)Cl.O=[N+]([O-])c1cccc2c1CC=C2.O=[N+]([O-])c1cccc2c1CCC2O.O=[N+]([O-])c1ccccc1CBr. The lowest BCUT2D eigenvalue weighted by Crippen LogP contribution is -2.30. The molecule has 0 radical (unpaired) electrons. The number of Topliss-reactive ketones (excluding diaryl/α,β-unsaturated/α-hetero) is 1. The molecule has 113 heavy (non-hydrogen) atoms. The first-order chi connectivity index (χ1) is 53.6. The van der Waals surface area contributed by atoms with E-state index in [0.29, 0.717) is 82.8 Å². The van der Waals surface area contributed by atoms with E-state index >= 15 is 0 Å². The Morgan fingerprint density at radius 1 is 0.496 bits per heavy atom. The second-order valence-corrected chi connectivity index (χ2v) is 26.0. The minimum absolute atomic E-state index is 0.0127. The largest absolute Gasteiger partial charge is 0.481 e. The lowest BCUT2D eigenvalue weighted by molar-refractivity contribution is -0.385. The smallest absolute Gasteiger partial charge is 0.320 e. The van der Waals surface area contributed by atoms with Crippen LogP contribution >= 0.6 is 48.9 Å². The van der Waals surface area contributed by atoms with E-state index < -0.39 is 81.0 Å². The van der Waals surface area contributed by atoms with Gasteiger partial charge in [0.1, 0.15) is 6.42 Å². The number of rotatable bonds is 24. The second kappa shape index (κ2) is 52.4. The van der Waals surface area contributed by atoms with Crippen molar-refractivity contribution in [1.29, 1.82) is 0 Å². The molecule has 3 aliphatic rings. The first-order valence-electron chi connectivity index (χ1n) is 33.5. The fourth-order valence-corrected chi connectivity index (χ4v) is 10.9. The van der Waals surface area contributed by atoms with Crippen LogP contribution < -0.4 is 0 Å². The van der Waals surface area contributed by atoms with Crippen LogP contribution in [0, 0.1) is 76.7 Å². The van der Waals surface area contributed by atoms with Crippen LogP contribution in [0.25, 0.3) is 6.08 Å². The number of para-hydroxylation sites is 4. The van der Waals surface area contributed by atoms with Gasteiger partial charge in [0.2, 0.25) is 14.5 Å². The molecule has 0 spiro atoms. The van der Waals surface area contributed by atoms with Gasteiger partial charge < -0.3 is 29.2 Å². The molecule has 10 rings (SSSR count). The van der Waals surface area contributed by atoms with Gasteiger partial charge in [0, 0.05) is 139 Å². The fourth-order valence-electron chi connectivity index (χ4n) is 10.3. The molecule has 3 aliphatic carbocycles. The molecular formula is C73H75BrCl3N7O28S. The Morgan fingerprint density at radius 2 is 0.867 bits per heavy atom. The van der Waals surface area contributed by atoms with Crippen molar-refractivity contribution in [2.75, 3.05) is 26.4 Å². The number of fused-ring (bicyclic) bond motifs is 3. The van der Waals surface area contributed by atoms with Crippen LogP contribution in [0.15, 0.2) is 158 Å². The maximum atomic E-state index is 11.9. The summed E-state index contributed by atoms with van der Waals surface area (Å²) < 4.78 is 27.8. The Morgan fingerprint density at radius 3 is 1.28 bits per heavy atom. The van der Waals surface area contributed by atoms with Gasteiger partial charge in [-0.2, -0.15) is 0 Å². The number of allylic oxidation sites excluding steroid dienone is 1. The summed E-state index contributed by atoms with van der Waals surface area (Å²) in [5, 5.41) is 92.0. The summed E-state index contributed by atoms with van der Waals surface area (Å²) in [6.07, 6.45) is 6.24. The molecule has 7 aromatic rings. The van der Waals surface area contributed by atoms with Gasteiger partial charge >= 0.3 is 29.8 Å². The number of aliphatic hydroxyl groups excluding tert-OH is 1. The number of carboxylic acid groups (broad SMARTS) is 1. The summed E-state index contributed by atoms with van der Waals surface area (Å²) in [4.78, 5) is 148. The number of carbonyl (C=O) groups is 7. The van der Waals surface area contributed by atoms with Gasteiger partial charge in [-0.15, -0.1) is 0 Å². The van der Waals surface area contributed by atoms with Crippen LogP contribution in [0.1, 0.15) is 126 Å². The molecule has 0 fully saturated rings. The summed E-state index contributed by atoms with van der Waals surface area (Å²) in [6.45, 7) is 7.41. The third kappa shape index (κ3) is 35.0. The maximum Gasteiger partial charge on any atom is 0.320 e. The van der Waals surface area contributed by atoms with Crippen LogP contribution in [0.4, 0.5) is 39.8 Å². The first kappa shape index (κ1) is 97.3. The predicted octanol–water partition coefficient (Wildman–Crippen LogP) is 15.3. The number of hydrogen-bond donors (Lipinski definition) is 2. The van der Waals surface area contributed by atoms with Crippen molar-refractivity contribution in [3.05, 3.63) is 284 Å². The zero-order valence-corrected chi connectivity index (χ0v) is 65.3. The molecule has 0 saturated carbocycles. The van der Waals surface area contributed by atoms with E-state index in [9.17, 15) is 109 Å². The van der Waals surface area contributed by atoms with Gasteiger partial charge in [-0.3, -0.25) is 104 Å². The Bertz CT molecular complexity index is 4460. The average molecular weight is 1720 g/mol. The van der Waals surface area contributed by atoms with Crippen LogP contribution in [0.5, 0.6) is 0 Å². The molecule has 0 heterocycles. The Hall–Kier alpha value is -11.8. The Balaban J connectivity index is 0.000000438. The van der Waals surface area contributed by atoms with Gasteiger partial charge in [0.05, 0.1) is 67.0 Å². The molecule has 1 atom stereocenters. The number of nitrogens with zero attached hydrogens (tertiary/aromatic N) is 7. The Labute approximate surface area is 668 Å². The predicted molar refractivity (Wildman–Crippen MR) is 416 cm³/mol. The summed E-state index contributed by atoms with van der Waals surface area (Å²) in [7, 11) is 7.36. The van der Waals surface area contributed by atoms with E-state index in [0.717, 1.165) is 11.1 Å². The van der Waals surface area contributed by atoms with E-state index in [1.165, 1.54) is 48.5 Å². The van der Waals surface area contributed by atoms with Gasteiger partial charge in [-0.1, -0.05) is 137 Å². The highest BCUT2D eigenvalue weighted by atomic mass is 79.9. The molecule has 0 amide bonds. The van der Waals surface area contributed by atoms with Crippen molar-refractivity contribution < 1.29 is 101 Å². The number of carbonyl (C=O) groups excluding carboxylic acids is 6. The second-order valence-electron chi connectivity index (χ2n) is 22.5. The number of aryl methyl sites for hydroxylation is 2. The molecule has 0 aliphatic heterocycles. The Kier molecular flexibility index (Phi) is 45.1. The molecule has 0 bridgehead atoms. The van der Waals surface area contributed by atoms with Crippen molar-refractivity contribution >= 4 is 145 Å². The van der Waals surface area contributed by atoms with Gasteiger partial charge in [-0.25, -0.2) is 4.21 Å². The summed E-state index contributed by atoms with van der Waals surface area (Å²) in [5.74, 6) is -4.70. The number of nitro groups is 7. The number of alkyl halides is 1. The highest BCUT2D eigenvalue weighted by Crippen LogP contribution is 2.37. The zero-order valence-electron chi connectivity index (χ0n) is 60.6. The lowest BCUT2D eigenvalue weighted by atomic mass is 9.98. The number of carboxylic acids is 1. The molecule has 35 nitrogen and oxygen atoms in total. The van der Waals surface area contributed by atoms with Crippen LogP contribution in [0.2, 0.25) is 0 Å². The molecule has 2 N–H and O–H groups in total. The number of nitro benzene ring substituents is 7. The monoisotopic (exact) mass is 1710 g/mol. The van der Waals surface area contributed by atoms with Gasteiger partial charge in [0.25, 0.3) is 39.8 Å². The number of benzene rings is 7. The van der Waals surface area contributed by atoms with Gasteiger partial charge in [-0.05, 0) is 88.9 Å². The van der Waals surface area contributed by atoms with E-state index in [1.54, 1.807) is 125 Å². The fraction of sp³-hybridized carbons (Fsp3) is 0.301. The lowest BCUT2D eigenvalue weighted by Gasteiger charge is -2.14. The minimum atomic E-state index is -1.67. The molecule has 0 aromatic heterocycles. The molecular weight excluding hydrogens is 1640 g/mol. The first-order valence-corrected chi connectivity index (χ1v) is 37.8. The minimum Gasteiger partial charge on any atom is -0.481 e. The number of halogens is 4. The summed E-state index contributed by atoms with van der Waals surface area (Å²) in [6, 6.07) is 39.7. The van der Waals surface area contributed by atoms with Crippen molar-refractivity contribution in [2.45, 2.75) is 110 Å². The number of ether oxygens (including phenoxy) is 4. The summed E-state index contributed by atoms with van der Waals surface area (Å²) in [5.41, 5.74) is 6.81. The van der Waals surface area contributed by atoms with Crippen molar-refractivity contribution in [3.8, 4) is 0 Å². The maximum absolute atomic E-state index is 11.9. The standard InChI is InChI=1S/C14H17NO6.C9H8ClNO3.C9H9NO4.C9H9NO3.C9H7NO3.C9H7NO2.C7H6BrNO2.C7H12O4.Cl2OS/c1-3-20-13(16)11(14(17)21-4-2)9-10-7-5-6-8-12(10)15(18)19;10-9(12)6-5-7-3-1-2-4-8(7)11(13)14;11-9(12)6-5-7-3-1-2-4-8(7)10(13)14;2*11-9-5-4-6-7(9)2-1-3-8(6)10(12)13;11-10(12)9-6-2-4-7-3-1-5-8(7)9;8-5-6-3-1-2-4-7(6)9(10)11;1-3-10-6(8)5-7(9)11-4-2;1-4(2)3/h5-8,11H,3-4,9H2,1-2H3;1-4H,5-6H2;1-4H,5-6H2,(H,11,12);1-3,9,11H,4-5H2;1-3H,4-5H2;1-4,6H,5H2;1-4H,5H2;3-5H2,1-2H3;. The third-order valence-electron chi connectivity index (χ3n) is 15.2. The highest BCUT2D eigenvalue weighted by molar-refractivity contribution is 9.08. The van der Waals surface area contributed by atoms with E-state index in [1.807, 2.05) is 18.2 Å². The van der Waals surface area contributed by atoms with Crippen molar-refractivity contribution in [1.82, 2.24) is 0 Å². The van der Waals surface area contributed by atoms with Crippen molar-refractivity contribution in [3.63, 3.8) is 0 Å². The number of esters is 4. The quantitative estimate of drug-likeness (QED) is 0.0108. The number of aliphatic carboxylic acids is 1. The van der Waals surface area contributed by atoms with Crippen LogP contribution in [0.3, 0.4) is 0 Å². The topological polar surface area (TPSA) is 516 Å². The highest BCUT2D eigenvalue weighted by Gasteiger charge is 2.33. The molecule has 0 saturated heterocycles. The summed E-state index contributed by atoms with van der Waals surface area (Å²) >= 11 is 8.32. The van der Waals surface area contributed by atoms with Gasteiger partial charge in [0.15, 0.2) is 11.7 Å². The number of hydrogen-bond acceptors (Lipinski definition) is 27. The molecule has 1 unspecified atom stereocenters. The van der Waals surface area contributed by atoms with E-state index in [2.05, 4.69) is 46.8 Å². The normalized spacial score (nSPS) is 11.7. The molecule has 40 heteroatoms. The zero-order chi connectivity index (χ0) is 84.9. The number of aliphatic hydroxyl groups is 1. The van der Waals surface area contributed by atoms with Crippen LogP contribution in [-0.4, -0.2) is 116 Å². The number of ketones is 1. The van der Waals surface area contributed by atoms with Crippen molar-refractivity contribution in [2.24, 2.45) is 5.92 Å². The third-order valence-corrected chi connectivity index (χ3v) is 16.0.